The number of aromatic amines is 1. The lowest BCUT2D eigenvalue weighted by Crippen LogP contribution is -2.40. The van der Waals surface area contributed by atoms with Crippen LogP contribution in [0.1, 0.15) is 35.3 Å². The molecule has 4 rings (SSSR count). The molecule has 3 aromatic rings. The summed E-state index contributed by atoms with van der Waals surface area (Å²) < 4.78 is 10.6. The number of methoxy groups -OCH3 is 1. The van der Waals surface area contributed by atoms with Crippen LogP contribution in [0.3, 0.4) is 0 Å². The van der Waals surface area contributed by atoms with Crippen LogP contribution in [0.4, 0.5) is 4.79 Å². The van der Waals surface area contributed by atoms with Crippen molar-refractivity contribution in [3.63, 3.8) is 0 Å². The highest BCUT2D eigenvalue weighted by molar-refractivity contribution is 5.88. The maximum absolute atomic E-state index is 12.7. The van der Waals surface area contributed by atoms with Crippen molar-refractivity contribution in [2.24, 2.45) is 0 Å². The van der Waals surface area contributed by atoms with Gasteiger partial charge in [-0.15, -0.1) is 0 Å². The molecular formula is C22H24N2O3. The molecule has 0 radical (unpaired) electrons. The molecule has 1 atom stereocenters. The van der Waals surface area contributed by atoms with Crippen molar-refractivity contribution in [2.75, 3.05) is 20.3 Å². The number of benzene rings is 2. The van der Waals surface area contributed by atoms with E-state index in [1.807, 2.05) is 36.1 Å². The Balaban J connectivity index is 1.87. The van der Waals surface area contributed by atoms with Crippen LogP contribution in [0.25, 0.3) is 10.9 Å². The Morgan fingerprint density at radius 3 is 2.70 bits per heavy atom. The Labute approximate surface area is 158 Å². The van der Waals surface area contributed by atoms with Crippen LogP contribution in [-0.4, -0.2) is 36.2 Å². The number of fused-ring (bicyclic) bond motifs is 3. The van der Waals surface area contributed by atoms with E-state index < -0.39 is 0 Å². The van der Waals surface area contributed by atoms with Gasteiger partial charge in [0.05, 0.1) is 13.7 Å². The van der Waals surface area contributed by atoms with Crippen LogP contribution in [-0.2, 0) is 11.2 Å². The van der Waals surface area contributed by atoms with Gasteiger partial charge < -0.3 is 14.5 Å². The molecule has 2 heterocycles. The molecule has 0 bridgehead atoms. The van der Waals surface area contributed by atoms with Gasteiger partial charge in [-0.3, -0.25) is 4.90 Å². The summed E-state index contributed by atoms with van der Waals surface area (Å²) in [6.45, 7) is 4.94. The lowest BCUT2D eigenvalue weighted by molar-refractivity contribution is 0.0932. The van der Waals surface area contributed by atoms with Gasteiger partial charge in [-0.25, -0.2) is 4.79 Å². The molecule has 5 heteroatoms. The molecule has 27 heavy (non-hydrogen) atoms. The first-order valence-electron chi connectivity index (χ1n) is 9.31. The Morgan fingerprint density at radius 1 is 1.22 bits per heavy atom. The summed E-state index contributed by atoms with van der Waals surface area (Å²) in [7, 11) is 1.65. The molecule has 1 N–H and O–H groups in total. The van der Waals surface area contributed by atoms with Crippen molar-refractivity contribution >= 4 is 17.0 Å². The van der Waals surface area contributed by atoms with Crippen molar-refractivity contribution in [1.82, 2.24) is 9.88 Å². The van der Waals surface area contributed by atoms with Crippen molar-refractivity contribution in [2.45, 2.75) is 26.3 Å². The molecule has 0 saturated heterocycles. The zero-order chi connectivity index (χ0) is 19.0. The van der Waals surface area contributed by atoms with E-state index in [-0.39, 0.29) is 12.1 Å². The zero-order valence-corrected chi connectivity index (χ0v) is 15.9. The van der Waals surface area contributed by atoms with Crippen molar-refractivity contribution < 1.29 is 14.3 Å². The lowest BCUT2D eigenvalue weighted by Gasteiger charge is -2.35. The molecule has 0 aliphatic carbocycles. The molecule has 5 nitrogen and oxygen atoms in total. The molecule has 1 aromatic heterocycles. The highest BCUT2D eigenvalue weighted by Gasteiger charge is 2.35. The van der Waals surface area contributed by atoms with Gasteiger partial charge in [0.1, 0.15) is 11.8 Å². The van der Waals surface area contributed by atoms with E-state index in [2.05, 4.69) is 30.1 Å². The predicted molar refractivity (Wildman–Crippen MR) is 105 cm³/mol. The second-order valence-corrected chi connectivity index (χ2v) is 6.83. The van der Waals surface area contributed by atoms with E-state index in [0.29, 0.717) is 13.2 Å². The van der Waals surface area contributed by atoms with Gasteiger partial charge in [0.2, 0.25) is 0 Å². The number of hydrogen-bond donors (Lipinski definition) is 1. The standard InChI is InChI=1S/C22H24N2O3/c1-4-27-22(25)24-13-12-18-17-7-5-6-14(2)19(17)23-20(18)21(24)15-8-10-16(26-3)11-9-15/h5-11,21,23H,4,12-13H2,1-3H3. The number of carbonyl (C=O) groups is 1. The van der Waals surface area contributed by atoms with E-state index in [1.54, 1.807) is 7.11 Å². The minimum absolute atomic E-state index is 0.203. The summed E-state index contributed by atoms with van der Waals surface area (Å²) in [4.78, 5) is 18.1. The van der Waals surface area contributed by atoms with Gasteiger partial charge >= 0.3 is 6.09 Å². The molecule has 1 aliphatic rings. The fraction of sp³-hybridized carbons (Fsp3) is 0.318. The van der Waals surface area contributed by atoms with Crippen LogP contribution >= 0.6 is 0 Å². The molecule has 140 valence electrons. The molecule has 1 aliphatic heterocycles. The number of aryl methyl sites for hydroxylation is 1. The Hall–Kier alpha value is -2.95. The number of para-hydroxylation sites is 1. The first-order chi connectivity index (χ1) is 13.1. The first kappa shape index (κ1) is 17.5. The van der Waals surface area contributed by atoms with E-state index >= 15 is 0 Å². The number of aromatic nitrogens is 1. The fourth-order valence-electron chi connectivity index (χ4n) is 4.00. The van der Waals surface area contributed by atoms with E-state index in [9.17, 15) is 4.79 Å². The number of hydrogen-bond acceptors (Lipinski definition) is 3. The van der Waals surface area contributed by atoms with Crippen molar-refractivity contribution in [3.05, 3.63) is 64.8 Å². The van der Waals surface area contributed by atoms with Crippen molar-refractivity contribution in [3.8, 4) is 5.75 Å². The van der Waals surface area contributed by atoms with Crippen LogP contribution in [0.2, 0.25) is 0 Å². The predicted octanol–water partition coefficient (Wildman–Crippen LogP) is 4.59. The quantitative estimate of drug-likeness (QED) is 0.740. The van der Waals surface area contributed by atoms with Crippen molar-refractivity contribution in [1.29, 1.82) is 0 Å². The monoisotopic (exact) mass is 364 g/mol. The number of rotatable bonds is 3. The van der Waals surface area contributed by atoms with Crippen LogP contribution < -0.4 is 4.74 Å². The topological polar surface area (TPSA) is 54.6 Å². The van der Waals surface area contributed by atoms with Gasteiger partial charge in [0.15, 0.2) is 0 Å². The summed E-state index contributed by atoms with van der Waals surface area (Å²) in [5.74, 6) is 0.796. The minimum atomic E-state index is -0.278. The highest BCUT2D eigenvalue weighted by Crippen LogP contribution is 2.39. The Morgan fingerprint density at radius 2 is 2.00 bits per heavy atom. The molecule has 0 saturated carbocycles. The van der Waals surface area contributed by atoms with E-state index in [0.717, 1.165) is 28.9 Å². The average molecular weight is 364 g/mol. The number of ether oxygens (including phenoxy) is 2. The molecule has 2 aromatic carbocycles. The summed E-state index contributed by atoms with van der Waals surface area (Å²) in [6, 6.07) is 14.0. The van der Waals surface area contributed by atoms with Gasteiger partial charge in [-0.1, -0.05) is 30.3 Å². The number of H-pyrrole nitrogens is 1. The number of nitrogens with zero attached hydrogens (tertiary/aromatic N) is 1. The lowest BCUT2D eigenvalue weighted by atomic mass is 9.92. The Bertz CT molecular complexity index is 975. The molecular weight excluding hydrogens is 340 g/mol. The van der Waals surface area contributed by atoms with Gasteiger partial charge in [-0.2, -0.15) is 0 Å². The highest BCUT2D eigenvalue weighted by atomic mass is 16.6. The number of carbonyl (C=O) groups excluding carboxylic acids is 1. The zero-order valence-electron chi connectivity index (χ0n) is 15.9. The van der Waals surface area contributed by atoms with Crippen LogP contribution in [0.15, 0.2) is 42.5 Å². The number of amides is 1. The smallest absolute Gasteiger partial charge is 0.410 e. The third kappa shape index (κ3) is 2.93. The molecule has 0 spiro atoms. The SMILES string of the molecule is CCOC(=O)N1CCc2c([nH]c3c(C)cccc23)C1c1ccc(OC)cc1. The van der Waals surface area contributed by atoms with Gasteiger partial charge in [0, 0.05) is 23.1 Å². The van der Waals surface area contributed by atoms with Gasteiger partial charge in [0.25, 0.3) is 0 Å². The summed E-state index contributed by atoms with van der Waals surface area (Å²) >= 11 is 0. The molecule has 1 unspecified atom stereocenters. The maximum atomic E-state index is 12.7. The summed E-state index contributed by atoms with van der Waals surface area (Å²) in [5, 5.41) is 1.24. The van der Waals surface area contributed by atoms with E-state index in [4.69, 9.17) is 9.47 Å². The van der Waals surface area contributed by atoms with Gasteiger partial charge in [-0.05, 0) is 49.1 Å². The van der Waals surface area contributed by atoms with Crippen LogP contribution in [0.5, 0.6) is 5.75 Å². The third-order valence-corrected chi connectivity index (χ3v) is 5.30. The average Bonchev–Trinajstić information content (AvgIpc) is 3.08. The second kappa shape index (κ2) is 6.99. The molecule has 0 fully saturated rings. The third-order valence-electron chi connectivity index (χ3n) is 5.30. The second-order valence-electron chi connectivity index (χ2n) is 6.83. The first-order valence-corrected chi connectivity index (χ1v) is 9.31. The minimum Gasteiger partial charge on any atom is -0.497 e. The summed E-state index contributed by atoms with van der Waals surface area (Å²) in [5.41, 5.74) is 5.75. The fourth-order valence-corrected chi connectivity index (χ4v) is 4.00. The van der Waals surface area contributed by atoms with E-state index in [1.165, 1.54) is 16.5 Å². The molecule has 1 amide bonds. The Kier molecular flexibility index (Phi) is 4.52. The summed E-state index contributed by atoms with van der Waals surface area (Å²) in [6.07, 6.45) is 0.531. The normalized spacial score (nSPS) is 16.3. The largest absolute Gasteiger partial charge is 0.497 e. The van der Waals surface area contributed by atoms with Crippen LogP contribution in [0, 0.1) is 6.92 Å². The maximum Gasteiger partial charge on any atom is 0.410 e. The number of nitrogens with one attached hydrogen (secondary N) is 1.